The summed E-state index contributed by atoms with van der Waals surface area (Å²) in [4.78, 5) is 28.3. The van der Waals surface area contributed by atoms with Crippen LogP contribution in [-0.2, 0) is 11.2 Å². The van der Waals surface area contributed by atoms with E-state index in [-0.39, 0.29) is 11.5 Å². The van der Waals surface area contributed by atoms with Gasteiger partial charge in [-0.05, 0) is 67.7 Å². The van der Waals surface area contributed by atoms with Crippen molar-refractivity contribution in [2.45, 2.75) is 44.8 Å². The Morgan fingerprint density at radius 2 is 1.88 bits per heavy atom. The molecule has 1 aliphatic rings. The minimum absolute atomic E-state index is 0.259. The van der Waals surface area contributed by atoms with Crippen LogP contribution in [0.15, 0.2) is 78.0 Å². The average molecular weight is 432 g/mol. The summed E-state index contributed by atoms with van der Waals surface area (Å²) in [5.41, 5.74) is 2.66. The molecule has 0 spiro atoms. The van der Waals surface area contributed by atoms with Crippen molar-refractivity contribution in [3.63, 3.8) is 0 Å². The van der Waals surface area contributed by atoms with Crippen LogP contribution in [0, 0.1) is 11.8 Å². The third-order valence-corrected chi connectivity index (χ3v) is 6.46. The third kappa shape index (κ3) is 5.14. The molecule has 6 heteroatoms. The predicted molar refractivity (Wildman–Crippen MR) is 124 cm³/mol. The summed E-state index contributed by atoms with van der Waals surface area (Å²) in [6, 6.07) is 18.5. The van der Waals surface area contributed by atoms with Crippen molar-refractivity contribution in [1.29, 1.82) is 0 Å². The molecule has 2 N–H and O–H groups in total. The van der Waals surface area contributed by atoms with Gasteiger partial charge in [0.15, 0.2) is 0 Å². The minimum Gasteiger partial charge on any atom is -0.388 e. The van der Waals surface area contributed by atoms with Crippen LogP contribution < -0.4 is 10.9 Å². The molecule has 0 aliphatic heterocycles. The lowest BCUT2D eigenvalue weighted by Crippen LogP contribution is -2.31. The van der Waals surface area contributed by atoms with Gasteiger partial charge < -0.3 is 10.4 Å². The van der Waals surface area contributed by atoms with Crippen molar-refractivity contribution < 1.29 is 9.90 Å². The Bertz CT molecular complexity index is 1100. The monoisotopic (exact) mass is 431 g/mol. The molecule has 2 aromatic carbocycles. The number of rotatable bonds is 7. The van der Waals surface area contributed by atoms with Gasteiger partial charge in [0.1, 0.15) is 6.04 Å². The third-order valence-electron chi connectivity index (χ3n) is 6.46. The number of hydrogen-bond acceptors (Lipinski definition) is 4. The molecule has 1 saturated carbocycles. The van der Waals surface area contributed by atoms with Gasteiger partial charge in [-0.1, -0.05) is 42.5 Å². The molecule has 166 valence electrons. The lowest BCUT2D eigenvalue weighted by atomic mass is 9.91. The molecule has 4 atom stereocenters. The van der Waals surface area contributed by atoms with Crippen LogP contribution in [-0.4, -0.2) is 20.6 Å². The number of nitrogens with zero attached hydrogens (tertiary/aromatic N) is 2. The van der Waals surface area contributed by atoms with E-state index < -0.39 is 12.1 Å². The summed E-state index contributed by atoms with van der Waals surface area (Å²) >= 11 is 0. The van der Waals surface area contributed by atoms with E-state index in [0.717, 1.165) is 31.2 Å². The number of benzene rings is 2. The Balaban J connectivity index is 1.31. The van der Waals surface area contributed by atoms with Crippen LogP contribution >= 0.6 is 0 Å². The molecule has 0 saturated heterocycles. The zero-order chi connectivity index (χ0) is 22.5. The largest absolute Gasteiger partial charge is 0.388 e. The van der Waals surface area contributed by atoms with Gasteiger partial charge in [0.2, 0.25) is 5.91 Å². The fraction of sp³-hybridized carbons (Fsp3) is 0.346. The van der Waals surface area contributed by atoms with Gasteiger partial charge in [0.05, 0.1) is 12.4 Å². The molecular weight excluding hydrogens is 402 g/mol. The second-order valence-electron chi connectivity index (χ2n) is 8.69. The van der Waals surface area contributed by atoms with Crippen molar-refractivity contribution in [2.75, 3.05) is 5.32 Å². The average Bonchev–Trinajstić information content (AvgIpc) is 3.28. The molecule has 0 radical (unpaired) electrons. The van der Waals surface area contributed by atoms with E-state index in [2.05, 4.69) is 10.3 Å². The normalized spacial score (nSPS) is 19.9. The van der Waals surface area contributed by atoms with Gasteiger partial charge in [-0.25, -0.2) is 4.98 Å². The lowest BCUT2D eigenvalue weighted by Gasteiger charge is -2.19. The SMILES string of the molecule is CC(C(=O)Nc1ccc(C[C@@H]2CC[C@H]([C@H](O)c3ccccc3)C2)cc1)n1cnccc1=O. The quantitative estimate of drug-likeness (QED) is 0.589. The maximum absolute atomic E-state index is 12.5. The van der Waals surface area contributed by atoms with Crippen molar-refractivity contribution in [3.05, 3.63) is 94.7 Å². The zero-order valence-corrected chi connectivity index (χ0v) is 18.2. The fourth-order valence-corrected chi connectivity index (χ4v) is 4.59. The van der Waals surface area contributed by atoms with Gasteiger partial charge in [-0.3, -0.25) is 14.2 Å². The summed E-state index contributed by atoms with van der Waals surface area (Å²) in [7, 11) is 0. The summed E-state index contributed by atoms with van der Waals surface area (Å²) in [6.45, 7) is 1.67. The highest BCUT2D eigenvalue weighted by molar-refractivity contribution is 5.93. The Labute approximate surface area is 188 Å². The molecule has 1 amide bonds. The predicted octanol–water partition coefficient (Wildman–Crippen LogP) is 4.14. The fourth-order valence-electron chi connectivity index (χ4n) is 4.59. The summed E-state index contributed by atoms with van der Waals surface area (Å²) in [5.74, 6) is 0.594. The van der Waals surface area contributed by atoms with Crippen LogP contribution in [0.1, 0.15) is 49.5 Å². The summed E-state index contributed by atoms with van der Waals surface area (Å²) < 4.78 is 1.31. The Kier molecular flexibility index (Phi) is 6.81. The van der Waals surface area contributed by atoms with Gasteiger partial charge in [0.25, 0.3) is 5.56 Å². The highest BCUT2D eigenvalue weighted by Gasteiger charge is 2.30. The molecular formula is C26H29N3O3. The van der Waals surface area contributed by atoms with Gasteiger partial charge >= 0.3 is 0 Å². The standard InChI is InChI=1S/C26H29N3O3/c1-18(29-17-27-14-13-24(29)30)26(32)28-23-11-8-19(9-12-23)15-20-7-10-22(16-20)25(31)21-5-3-2-4-6-21/h2-6,8-9,11-14,17-18,20,22,25,31H,7,10,15-16H2,1H3,(H,28,32)/t18?,20-,22-,25+/m0/s1. The number of aromatic nitrogens is 2. The first-order valence-corrected chi connectivity index (χ1v) is 11.2. The van der Waals surface area contributed by atoms with E-state index in [9.17, 15) is 14.7 Å². The summed E-state index contributed by atoms with van der Waals surface area (Å²) in [6.07, 6.45) is 6.54. The molecule has 6 nitrogen and oxygen atoms in total. The number of anilines is 1. The number of nitrogens with one attached hydrogen (secondary N) is 1. The van der Waals surface area contributed by atoms with E-state index in [0.29, 0.717) is 17.5 Å². The highest BCUT2D eigenvalue weighted by Crippen LogP contribution is 2.40. The maximum Gasteiger partial charge on any atom is 0.253 e. The van der Waals surface area contributed by atoms with Crippen molar-refractivity contribution in [2.24, 2.45) is 11.8 Å². The van der Waals surface area contributed by atoms with Crippen LogP contribution in [0.4, 0.5) is 5.69 Å². The van der Waals surface area contributed by atoms with E-state index in [4.69, 9.17) is 0 Å². The first kappa shape index (κ1) is 22.0. The zero-order valence-electron chi connectivity index (χ0n) is 18.2. The number of aliphatic hydroxyl groups is 1. The number of aliphatic hydroxyl groups excluding tert-OH is 1. The molecule has 1 fully saturated rings. The number of hydrogen-bond donors (Lipinski definition) is 2. The van der Waals surface area contributed by atoms with Crippen molar-refractivity contribution >= 4 is 11.6 Å². The minimum atomic E-state index is -0.651. The highest BCUT2D eigenvalue weighted by atomic mass is 16.3. The molecule has 1 aliphatic carbocycles. The maximum atomic E-state index is 12.5. The van der Waals surface area contributed by atoms with E-state index in [1.165, 1.54) is 28.7 Å². The van der Waals surface area contributed by atoms with E-state index in [1.807, 2.05) is 54.6 Å². The second-order valence-corrected chi connectivity index (χ2v) is 8.69. The molecule has 4 rings (SSSR count). The Morgan fingerprint density at radius 1 is 1.12 bits per heavy atom. The summed E-state index contributed by atoms with van der Waals surface area (Å²) in [5, 5.41) is 13.6. The van der Waals surface area contributed by atoms with Gasteiger partial charge in [-0.15, -0.1) is 0 Å². The van der Waals surface area contributed by atoms with E-state index in [1.54, 1.807) is 6.92 Å². The second kappa shape index (κ2) is 9.92. The van der Waals surface area contributed by atoms with Crippen LogP contribution in [0.5, 0.6) is 0 Å². The van der Waals surface area contributed by atoms with E-state index >= 15 is 0 Å². The molecule has 1 heterocycles. The molecule has 1 unspecified atom stereocenters. The topological polar surface area (TPSA) is 84.2 Å². The molecule has 3 aromatic rings. The Morgan fingerprint density at radius 3 is 2.59 bits per heavy atom. The van der Waals surface area contributed by atoms with Gasteiger partial charge in [-0.2, -0.15) is 0 Å². The first-order chi connectivity index (χ1) is 15.5. The lowest BCUT2D eigenvalue weighted by molar-refractivity contribution is -0.118. The van der Waals surface area contributed by atoms with Gasteiger partial charge in [0, 0.05) is 18.0 Å². The Hall–Kier alpha value is -3.25. The molecule has 32 heavy (non-hydrogen) atoms. The number of amides is 1. The molecule has 1 aromatic heterocycles. The number of carbonyl (C=O) groups is 1. The first-order valence-electron chi connectivity index (χ1n) is 11.2. The van der Waals surface area contributed by atoms with Crippen LogP contribution in [0.2, 0.25) is 0 Å². The van der Waals surface area contributed by atoms with Crippen LogP contribution in [0.25, 0.3) is 0 Å². The van der Waals surface area contributed by atoms with Crippen molar-refractivity contribution in [3.8, 4) is 0 Å². The molecule has 0 bridgehead atoms. The van der Waals surface area contributed by atoms with Crippen molar-refractivity contribution in [1.82, 2.24) is 9.55 Å². The number of carbonyl (C=O) groups excluding carboxylic acids is 1. The van der Waals surface area contributed by atoms with Crippen LogP contribution in [0.3, 0.4) is 0 Å². The smallest absolute Gasteiger partial charge is 0.253 e.